The number of non-ortho nitro benzene ring substituents is 1. The maximum Gasteiger partial charge on any atom is 0.269 e. The van der Waals surface area contributed by atoms with Crippen molar-refractivity contribution in [1.82, 2.24) is 20.1 Å². The molecule has 0 unspecified atom stereocenters. The highest BCUT2D eigenvalue weighted by Crippen LogP contribution is 2.30. The molecule has 116 valence electrons. The standard InChI is InChI=1S/C14H17N5O2S/c1-18-13(10-6-8-15-9-7-10)16-17-14(18)22-12-4-2-11(3-5-12)19(20)21/h2-5,10,15H,6-9H2,1H3. The predicted octanol–water partition coefficient (Wildman–Crippen LogP) is 2.34. The van der Waals surface area contributed by atoms with E-state index in [1.54, 1.807) is 12.1 Å². The van der Waals surface area contributed by atoms with E-state index in [0.29, 0.717) is 5.92 Å². The molecule has 0 saturated carbocycles. The monoisotopic (exact) mass is 319 g/mol. The average Bonchev–Trinajstić information content (AvgIpc) is 2.90. The number of rotatable bonds is 4. The second-order valence-corrected chi connectivity index (χ2v) is 6.32. The molecule has 2 aromatic rings. The summed E-state index contributed by atoms with van der Waals surface area (Å²) in [5, 5.41) is 23.4. The second-order valence-electron chi connectivity index (χ2n) is 5.28. The third-order valence-corrected chi connectivity index (χ3v) is 4.88. The number of nitrogens with one attached hydrogen (secondary N) is 1. The minimum Gasteiger partial charge on any atom is -0.317 e. The van der Waals surface area contributed by atoms with Gasteiger partial charge in [-0.15, -0.1) is 10.2 Å². The van der Waals surface area contributed by atoms with Crippen molar-refractivity contribution >= 4 is 17.4 Å². The molecule has 1 aromatic heterocycles. The Labute approximate surface area is 132 Å². The van der Waals surface area contributed by atoms with E-state index in [-0.39, 0.29) is 5.69 Å². The number of hydrogen-bond acceptors (Lipinski definition) is 6. The number of benzene rings is 1. The quantitative estimate of drug-likeness (QED) is 0.687. The van der Waals surface area contributed by atoms with Crippen LogP contribution >= 0.6 is 11.8 Å². The predicted molar refractivity (Wildman–Crippen MR) is 83.1 cm³/mol. The minimum atomic E-state index is -0.397. The lowest BCUT2D eigenvalue weighted by Crippen LogP contribution is -2.27. The van der Waals surface area contributed by atoms with Crippen LogP contribution in [0, 0.1) is 10.1 Å². The van der Waals surface area contributed by atoms with E-state index in [9.17, 15) is 10.1 Å². The summed E-state index contributed by atoms with van der Waals surface area (Å²) in [5.41, 5.74) is 0.0951. The number of hydrogen-bond donors (Lipinski definition) is 1. The Balaban J connectivity index is 1.75. The molecular weight excluding hydrogens is 302 g/mol. The molecule has 1 fully saturated rings. The number of nitro groups is 1. The fourth-order valence-corrected chi connectivity index (χ4v) is 3.39. The van der Waals surface area contributed by atoms with Gasteiger partial charge in [-0.3, -0.25) is 10.1 Å². The van der Waals surface area contributed by atoms with E-state index in [4.69, 9.17) is 0 Å². The SMILES string of the molecule is Cn1c(Sc2ccc([N+](=O)[O-])cc2)nnc1C1CCNCC1. The highest BCUT2D eigenvalue weighted by Gasteiger charge is 2.21. The highest BCUT2D eigenvalue weighted by molar-refractivity contribution is 7.99. The van der Waals surface area contributed by atoms with Crippen LogP contribution in [0.2, 0.25) is 0 Å². The van der Waals surface area contributed by atoms with E-state index >= 15 is 0 Å². The van der Waals surface area contributed by atoms with Crippen LogP contribution in [0.3, 0.4) is 0 Å². The Bertz CT molecular complexity index is 664. The molecule has 1 aliphatic rings. The molecular formula is C14H17N5O2S. The lowest BCUT2D eigenvalue weighted by Gasteiger charge is -2.21. The van der Waals surface area contributed by atoms with Gasteiger partial charge in [-0.2, -0.15) is 0 Å². The molecule has 0 amide bonds. The average molecular weight is 319 g/mol. The topological polar surface area (TPSA) is 85.9 Å². The zero-order chi connectivity index (χ0) is 15.5. The van der Waals surface area contributed by atoms with Gasteiger partial charge < -0.3 is 9.88 Å². The van der Waals surface area contributed by atoms with Gasteiger partial charge in [-0.25, -0.2) is 0 Å². The van der Waals surface area contributed by atoms with E-state index in [1.165, 1.54) is 23.9 Å². The zero-order valence-corrected chi connectivity index (χ0v) is 13.0. The zero-order valence-electron chi connectivity index (χ0n) is 12.2. The number of nitro benzene ring substituents is 1. The van der Waals surface area contributed by atoms with Crippen molar-refractivity contribution < 1.29 is 4.92 Å². The summed E-state index contributed by atoms with van der Waals surface area (Å²) in [5.74, 6) is 1.47. The molecule has 0 radical (unpaired) electrons. The number of nitrogens with zero attached hydrogens (tertiary/aromatic N) is 4. The molecule has 1 N–H and O–H groups in total. The molecule has 8 heteroatoms. The molecule has 0 bridgehead atoms. The lowest BCUT2D eigenvalue weighted by molar-refractivity contribution is -0.384. The van der Waals surface area contributed by atoms with E-state index in [0.717, 1.165) is 41.8 Å². The van der Waals surface area contributed by atoms with Crippen LogP contribution in [0.5, 0.6) is 0 Å². The number of aromatic nitrogens is 3. The highest BCUT2D eigenvalue weighted by atomic mass is 32.2. The Hall–Kier alpha value is -1.93. The van der Waals surface area contributed by atoms with Gasteiger partial charge >= 0.3 is 0 Å². The van der Waals surface area contributed by atoms with Crippen molar-refractivity contribution in [2.24, 2.45) is 7.05 Å². The van der Waals surface area contributed by atoms with Gasteiger partial charge in [-0.05, 0) is 49.8 Å². The molecule has 22 heavy (non-hydrogen) atoms. The van der Waals surface area contributed by atoms with E-state index < -0.39 is 4.92 Å². The van der Waals surface area contributed by atoms with Gasteiger partial charge in [0.1, 0.15) is 5.82 Å². The fraction of sp³-hybridized carbons (Fsp3) is 0.429. The maximum absolute atomic E-state index is 10.7. The van der Waals surface area contributed by atoms with Crippen LogP contribution in [0.15, 0.2) is 34.3 Å². The fourth-order valence-electron chi connectivity index (χ4n) is 2.59. The molecule has 1 aliphatic heterocycles. The normalized spacial score (nSPS) is 15.9. The van der Waals surface area contributed by atoms with Crippen molar-refractivity contribution in [2.75, 3.05) is 13.1 Å². The summed E-state index contributed by atoms with van der Waals surface area (Å²) in [6, 6.07) is 6.49. The van der Waals surface area contributed by atoms with Crippen LogP contribution in [-0.2, 0) is 7.05 Å². The Morgan fingerprint density at radius 2 is 1.95 bits per heavy atom. The molecule has 0 spiro atoms. The van der Waals surface area contributed by atoms with E-state index in [2.05, 4.69) is 15.5 Å². The number of piperidine rings is 1. The first kappa shape index (κ1) is 15.0. The summed E-state index contributed by atoms with van der Waals surface area (Å²) >= 11 is 1.47. The van der Waals surface area contributed by atoms with Gasteiger partial charge in [0.25, 0.3) is 5.69 Å². The summed E-state index contributed by atoms with van der Waals surface area (Å²) in [6.45, 7) is 2.03. The largest absolute Gasteiger partial charge is 0.317 e. The Morgan fingerprint density at radius 1 is 1.27 bits per heavy atom. The van der Waals surface area contributed by atoms with Crippen LogP contribution in [0.4, 0.5) is 5.69 Å². The van der Waals surface area contributed by atoms with Crippen LogP contribution in [0.1, 0.15) is 24.6 Å². The second kappa shape index (κ2) is 6.45. The first-order valence-corrected chi connectivity index (χ1v) is 7.99. The molecule has 1 aromatic carbocycles. The summed E-state index contributed by atoms with van der Waals surface area (Å²) in [4.78, 5) is 11.2. The van der Waals surface area contributed by atoms with Crippen molar-refractivity contribution in [3.8, 4) is 0 Å². The molecule has 0 atom stereocenters. The van der Waals surface area contributed by atoms with Crippen molar-refractivity contribution in [3.05, 3.63) is 40.2 Å². The third-order valence-electron chi connectivity index (χ3n) is 3.83. The molecule has 2 heterocycles. The van der Waals surface area contributed by atoms with E-state index in [1.807, 2.05) is 11.6 Å². The maximum atomic E-state index is 10.7. The Kier molecular flexibility index (Phi) is 4.39. The molecule has 7 nitrogen and oxygen atoms in total. The smallest absolute Gasteiger partial charge is 0.269 e. The first-order chi connectivity index (χ1) is 10.6. The van der Waals surface area contributed by atoms with Crippen molar-refractivity contribution in [3.63, 3.8) is 0 Å². The first-order valence-electron chi connectivity index (χ1n) is 7.17. The molecule has 0 aliphatic carbocycles. The van der Waals surface area contributed by atoms with Crippen LogP contribution < -0.4 is 5.32 Å². The lowest BCUT2D eigenvalue weighted by atomic mass is 9.97. The summed E-state index contributed by atoms with van der Waals surface area (Å²) < 4.78 is 2.03. The van der Waals surface area contributed by atoms with Gasteiger partial charge in [0.15, 0.2) is 5.16 Å². The summed E-state index contributed by atoms with van der Waals surface area (Å²) in [7, 11) is 1.98. The van der Waals surface area contributed by atoms with Gasteiger partial charge in [0, 0.05) is 30.0 Å². The van der Waals surface area contributed by atoms with Gasteiger partial charge in [0.05, 0.1) is 4.92 Å². The van der Waals surface area contributed by atoms with Gasteiger partial charge in [0.2, 0.25) is 0 Å². The van der Waals surface area contributed by atoms with Crippen molar-refractivity contribution in [1.29, 1.82) is 0 Å². The minimum absolute atomic E-state index is 0.0951. The van der Waals surface area contributed by atoms with Crippen LogP contribution in [0.25, 0.3) is 0 Å². The molecule has 3 rings (SSSR count). The van der Waals surface area contributed by atoms with Crippen LogP contribution in [-0.4, -0.2) is 32.8 Å². The van der Waals surface area contributed by atoms with Gasteiger partial charge in [-0.1, -0.05) is 0 Å². The third kappa shape index (κ3) is 3.12. The van der Waals surface area contributed by atoms with Crippen molar-refractivity contribution in [2.45, 2.75) is 28.8 Å². The molecule has 1 saturated heterocycles. The summed E-state index contributed by atoms with van der Waals surface area (Å²) in [6.07, 6.45) is 2.16. The Morgan fingerprint density at radius 3 is 2.59 bits per heavy atom.